The zero-order valence-corrected chi connectivity index (χ0v) is 51.6. The molecule has 0 saturated carbocycles. The van der Waals surface area contributed by atoms with Crippen LogP contribution in [0.15, 0.2) is 133 Å². The molecule has 3 nitrogen and oxygen atoms in total. The SMILES string of the molecule is Cc1cc2c3c(c1)N(c1ccc4c(c1)C(C)(C)CCC4(C)C)c1c(sc4cc5c(cc14)C(C)(C)CCC5(C)C)B3c1ccc(N(c3ccccc3)c3ccc([Si](C)(C)C)cc3)cc1N2c1ccc2c(c1)C(C)(C)CCC2(C)C. The molecule has 3 aliphatic carbocycles. The Balaban J connectivity index is 1.12. The van der Waals surface area contributed by atoms with Crippen LogP contribution in [0.1, 0.15) is 161 Å². The van der Waals surface area contributed by atoms with Crippen LogP contribution in [0, 0.1) is 6.92 Å². The van der Waals surface area contributed by atoms with Crippen LogP contribution in [0.3, 0.4) is 0 Å². The van der Waals surface area contributed by atoms with E-state index in [-0.39, 0.29) is 39.2 Å². The lowest BCUT2D eigenvalue weighted by atomic mass is 9.36. The van der Waals surface area contributed by atoms with E-state index in [1.807, 2.05) is 0 Å². The molecule has 2 aliphatic heterocycles. The van der Waals surface area contributed by atoms with Gasteiger partial charge in [0, 0.05) is 60.4 Å². The van der Waals surface area contributed by atoms with E-state index in [0.717, 1.165) is 17.8 Å². The molecule has 0 amide bonds. The fourth-order valence-corrected chi connectivity index (χ4v) is 17.4. The van der Waals surface area contributed by atoms with Gasteiger partial charge in [0.05, 0.1) is 13.8 Å². The van der Waals surface area contributed by atoms with Crippen LogP contribution in [0.5, 0.6) is 0 Å². The molecule has 0 atom stereocenters. The fraction of sp³-hybridized carbons (Fsp3) is 0.389. The molecule has 0 fully saturated rings. The minimum atomic E-state index is -1.53. The van der Waals surface area contributed by atoms with Crippen molar-refractivity contribution in [1.82, 2.24) is 0 Å². The molecule has 0 saturated heterocycles. The second-order valence-corrected chi connectivity index (χ2v) is 35.7. The maximum atomic E-state index is 2.75. The number of hydrogen-bond donors (Lipinski definition) is 0. The molecule has 7 aromatic carbocycles. The van der Waals surface area contributed by atoms with Gasteiger partial charge in [0.2, 0.25) is 0 Å². The van der Waals surface area contributed by atoms with Gasteiger partial charge in [-0.1, -0.05) is 156 Å². The Kier molecular flexibility index (Phi) is 11.3. The van der Waals surface area contributed by atoms with Crippen molar-refractivity contribution < 1.29 is 0 Å². The molecule has 0 bridgehead atoms. The van der Waals surface area contributed by atoms with Crippen LogP contribution in [0.4, 0.5) is 51.2 Å². The molecule has 78 heavy (non-hydrogen) atoms. The van der Waals surface area contributed by atoms with Crippen molar-refractivity contribution in [3.05, 3.63) is 172 Å². The Morgan fingerprint density at radius 1 is 0.449 bits per heavy atom. The summed E-state index contributed by atoms with van der Waals surface area (Å²) in [7, 11) is -1.53. The third-order valence-electron chi connectivity index (χ3n) is 20.2. The van der Waals surface area contributed by atoms with Gasteiger partial charge in [-0.2, -0.15) is 0 Å². The number of anilines is 9. The van der Waals surface area contributed by atoms with E-state index in [0.29, 0.717) is 0 Å². The van der Waals surface area contributed by atoms with Crippen molar-refractivity contribution in [1.29, 1.82) is 0 Å². The predicted molar refractivity (Wildman–Crippen MR) is 344 cm³/mol. The van der Waals surface area contributed by atoms with Crippen molar-refractivity contribution in [3.8, 4) is 0 Å². The Labute approximate surface area is 473 Å². The van der Waals surface area contributed by atoms with Crippen molar-refractivity contribution in [2.45, 2.75) is 181 Å². The van der Waals surface area contributed by atoms with Gasteiger partial charge in [0.15, 0.2) is 0 Å². The summed E-state index contributed by atoms with van der Waals surface area (Å²) in [5, 5.41) is 2.86. The first-order valence-electron chi connectivity index (χ1n) is 29.4. The highest BCUT2D eigenvalue weighted by molar-refractivity contribution is 7.33. The van der Waals surface area contributed by atoms with E-state index in [9.17, 15) is 0 Å². The minimum Gasteiger partial charge on any atom is -0.311 e. The molecule has 13 rings (SSSR count). The van der Waals surface area contributed by atoms with Gasteiger partial charge in [0.1, 0.15) is 0 Å². The van der Waals surface area contributed by atoms with Gasteiger partial charge in [-0.25, -0.2) is 0 Å². The molecule has 398 valence electrons. The first kappa shape index (κ1) is 51.6. The quantitative estimate of drug-likeness (QED) is 0.154. The van der Waals surface area contributed by atoms with Gasteiger partial charge in [-0.05, 0) is 213 Å². The van der Waals surface area contributed by atoms with Crippen LogP contribution in [-0.2, 0) is 32.5 Å². The maximum absolute atomic E-state index is 2.75. The van der Waals surface area contributed by atoms with E-state index < -0.39 is 8.07 Å². The van der Waals surface area contributed by atoms with E-state index >= 15 is 0 Å². The van der Waals surface area contributed by atoms with Crippen LogP contribution in [0.2, 0.25) is 19.6 Å². The largest absolute Gasteiger partial charge is 0.311 e. The zero-order valence-electron chi connectivity index (χ0n) is 49.8. The van der Waals surface area contributed by atoms with Gasteiger partial charge >= 0.3 is 0 Å². The smallest absolute Gasteiger partial charge is 0.264 e. The summed E-state index contributed by atoms with van der Waals surface area (Å²) in [5.41, 5.74) is 24.8. The predicted octanol–water partition coefficient (Wildman–Crippen LogP) is 18.4. The highest BCUT2D eigenvalue weighted by Crippen LogP contribution is 2.56. The highest BCUT2D eigenvalue weighted by Gasteiger charge is 2.48. The molecule has 0 unspecified atom stereocenters. The summed E-state index contributed by atoms with van der Waals surface area (Å²) in [4.78, 5) is 7.93. The van der Waals surface area contributed by atoms with Crippen LogP contribution in [-0.4, -0.2) is 14.8 Å². The van der Waals surface area contributed by atoms with Crippen LogP contribution < -0.4 is 35.6 Å². The van der Waals surface area contributed by atoms with E-state index in [1.165, 1.54) is 142 Å². The fourth-order valence-electron chi connectivity index (χ4n) is 14.9. The summed E-state index contributed by atoms with van der Waals surface area (Å²) >= 11 is 2.06. The molecular formula is C72H82BN3SSi. The zero-order chi connectivity index (χ0) is 55.0. The number of aryl methyl sites for hydroxylation is 1. The van der Waals surface area contributed by atoms with Gasteiger partial charge in [-0.3, -0.25) is 0 Å². The average molecular weight is 1060 g/mol. The Hall–Kier alpha value is -5.82. The standard InChI is InChI=1S/C72H82BN3SSi/c1-45-38-61-64-62(39-45)76(49-25-30-54-56(41-49)70(8,9)35-33-68(54,4)5)65-52-43-57-58(72(12,13)37-36-71(57,10)11)44-63(52)77-66(65)73(64)59-31-26-50(74(46-20-18-17-19-21-46)47-22-27-51(28-23-47)78(14,15)16)42-60(59)75(61)48-24-29-53-55(40-48)69(6,7)34-32-67(53,2)3/h17-31,38-44H,32-37H2,1-16H3. The number of hydrogen-bond acceptors (Lipinski definition) is 4. The number of para-hydroxylation sites is 1. The lowest BCUT2D eigenvalue weighted by molar-refractivity contribution is 0.332. The molecule has 5 aliphatic rings. The Morgan fingerprint density at radius 2 is 0.910 bits per heavy atom. The average Bonchev–Trinajstić information content (AvgIpc) is 2.44. The second kappa shape index (κ2) is 17.1. The second-order valence-electron chi connectivity index (χ2n) is 29.5. The summed E-state index contributed by atoms with van der Waals surface area (Å²) in [6.07, 6.45) is 7.10. The highest BCUT2D eigenvalue weighted by atomic mass is 32.1. The molecule has 6 heteroatoms. The number of benzene rings is 7. The van der Waals surface area contributed by atoms with Crippen molar-refractivity contribution in [3.63, 3.8) is 0 Å². The number of nitrogens with zero attached hydrogens (tertiary/aromatic N) is 3. The van der Waals surface area contributed by atoms with Crippen molar-refractivity contribution in [2.24, 2.45) is 0 Å². The number of rotatable bonds is 6. The molecule has 3 heterocycles. The van der Waals surface area contributed by atoms with E-state index in [4.69, 9.17) is 0 Å². The number of fused-ring (bicyclic) bond motifs is 9. The van der Waals surface area contributed by atoms with E-state index in [1.54, 1.807) is 0 Å². The van der Waals surface area contributed by atoms with Crippen LogP contribution in [0.25, 0.3) is 10.1 Å². The third kappa shape index (κ3) is 7.90. The topological polar surface area (TPSA) is 9.72 Å². The first-order chi connectivity index (χ1) is 36.7. The van der Waals surface area contributed by atoms with E-state index in [2.05, 4.69) is 269 Å². The van der Waals surface area contributed by atoms with Crippen molar-refractivity contribution in [2.75, 3.05) is 14.7 Å². The molecule has 0 N–H and O–H groups in total. The normalized spacial score (nSPS) is 19.5. The monoisotopic (exact) mass is 1060 g/mol. The maximum Gasteiger partial charge on any atom is 0.264 e. The molecule has 1 aromatic heterocycles. The summed E-state index contributed by atoms with van der Waals surface area (Å²) < 4.78 is 2.85. The lowest BCUT2D eigenvalue weighted by Gasteiger charge is -2.46. The first-order valence-corrected chi connectivity index (χ1v) is 33.7. The van der Waals surface area contributed by atoms with Gasteiger partial charge < -0.3 is 14.7 Å². The Morgan fingerprint density at radius 3 is 1.45 bits per heavy atom. The van der Waals surface area contributed by atoms with Gasteiger partial charge in [-0.15, -0.1) is 11.3 Å². The molecule has 0 spiro atoms. The summed E-state index contributed by atoms with van der Waals surface area (Å²) in [6, 6.07) is 53.6. The number of thiophene rings is 1. The Bertz CT molecular complexity index is 3770. The molecular weight excluding hydrogens is 978 g/mol. The summed E-state index contributed by atoms with van der Waals surface area (Å²) in [6.45, 7) is 39.4. The van der Waals surface area contributed by atoms with Gasteiger partial charge in [0.25, 0.3) is 6.71 Å². The third-order valence-corrected chi connectivity index (χ3v) is 23.5. The minimum absolute atomic E-state index is 0.0137. The van der Waals surface area contributed by atoms with Crippen LogP contribution >= 0.6 is 11.3 Å². The lowest BCUT2D eigenvalue weighted by Crippen LogP contribution is -2.60. The van der Waals surface area contributed by atoms with Crippen molar-refractivity contribution >= 4 is 108 Å². The summed E-state index contributed by atoms with van der Waals surface area (Å²) in [5.74, 6) is 0. The molecule has 0 radical (unpaired) electrons. The molecule has 8 aromatic rings.